The number of benzene rings is 1. The smallest absolute Gasteiger partial charge is 0.390 e. The van der Waals surface area contributed by atoms with Crippen LogP contribution in [0.15, 0.2) is 48.7 Å². The molecule has 0 atom stereocenters. The van der Waals surface area contributed by atoms with Crippen molar-refractivity contribution in [3.05, 3.63) is 54.4 Å². The van der Waals surface area contributed by atoms with Gasteiger partial charge in [0.2, 0.25) is 15.9 Å². The number of halogens is 3. The van der Waals surface area contributed by atoms with Crippen LogP contribution in [0.3, 0.4) is 0 Å². The molecular weight excluding hydrogens is 411 g/mol. The van der Waals surface area contributed by atoms with Gasteiger partial charge in [0.05, 0.1) is 17.9 Å². The van der Waals surface area contributed by atoms with E-state index in [1.54, 1.807) is 23.0 Å². The van der Waals surface area contributed by atoms with Gasteiger partial charge in [-0.2, -0.15) is 18.3 Å². The predicted molar refractivity (Wildman–Crippen MR) is 98.5 cm³/mol. The maximum Gasteiger partial charge on any atom is 0.390 e. The summed E-state index contributed by atoms with van der Waals surface area (Å²) in [7, 11) is -4.11. The summed E-state index contributed by atoms with van der Waals surface area (Å²) in [6, 6.07) is 10.7. The molecule has 1 N–H and O–H groups in total. The average molecular weight is 427 g/mol. The van der Waals surface area contributed by atoms with Crippen LogP contribution in [0.1, 0.15) is 12.1 Å². The van der Waals surface area contributed by atoms with Crippen molar-refractivity contribution in [3.8, 4) is 17.4 Å². The van der Waals surface area contributed by atoms with Gasteiger partial charge in [-0.1, -0.05) is 0 Å². The summed E-state index contributed by atoms with van der Waals surface area (Å²) in [6.07, 6.45) is -4.22. The SMILES string of the molecule is Cc1ccn(-c2ccc(Oc3ccc(NS(=O)(=O)CCC(F)(F)F)cc3)nn2)n1. The van der Waals surface area contributed by atoms with E-state index in [0.29, 0.717) is 11.6 Å². The second-order valence-electron chi connectivity index (χ2n) is 6.04. The van der Waals surface area contributed by atoms with E-state index in [0.717, 1.165) is 5.69 Å². The molecule has 0 radical (unpaired) electrons. The van der Waals surface area contributed by atoms with Crippen LogP contribution in [-0.2, 0) is 10.0 Å². The molecule has 0 fully saturated rings. The number of alkyl halides is 3. The van der Waals surface area contributed by atoms with E-state index in [4.69, 9.17) is 4.74 Å². The molecule has 29 heavy (non-hydrogen) atoms. The van der Waals surface area contributed by atoms with Crippen LogP contribution in [0.4, 0.5) is 18.9 Å². The van der Waals surface area contributed by atoms with Crippen molar-refractivity contribution in [2.24, 2.45) is 0 Å². The minimum atomic E-state index is -4.54. The van der Waals surface area contributed by atoms with Gasteiger partial charge in [-0.15, -0.1) is 10.2 Å². The van der Waals surface area contributed by atoms with Gasteiger partial charge in [0, 0.05) is 18.0 Å². The average Bonchev–Trinajstić information content (AvgIpc) is 3.08. The predicted octanol–water partition coefficient (Wildman–Crippen LogP) is 3.46. The highest BCUT2D eigenvalue weighted by molar-refractivity contribution is 7.92. The third kappa shape index (κ3) is 6.17. The molecule has 0 bridgehead atoms. The molecule has 3 aromatic rings. The molecule has 0 spiro atoms. The Hall–Kier alpha value is -3.15. The molecule has 0 aliphatic rings. The monoisotopic (exact) mass is 427 g/mol. The summed E-state index contributed by atoms with van der Waals surface area (Å²) < 4.78 is 69.1. The number of rotatable bonds is 7. The van der Waals surface area contributed by atoms with Crippen molar-refractivity contribution in [2.45, 2.75) is 19.5 Å². The molecule has 0 saturated heterocycles. The van der Waals surface area contributed by atoms with Crippen LogP contribution in [0.2, 0.25) is 0 Å². The number of anilines is 1. The Morgan fingerprint density at radius 2 is 1.79 bits per heavy atom. The first-order chi connectivity index (χ1) is 13.6. The Morgan fingerprint density at radius 1 is 1.07 bits per heavy atom. The first kappa shape index (κ1) is 20.6. The highest BCUT2D eigenvalue weighted by atomic mass is 32.2. The van der Waals surface area contributed by atoms with E-state index in [1.165, 1.54) is 24.3 Å². The van der Waals surface area contributed by atoms with Crippen LogP contribution in [0.5, 0.6) is 11.6 Å². The third-order valence-electron chi connectivity index (χ3n) is 3.59. The molecule has 1 aromatic carbocycles. The van der Waals surface area contributed by atoms with Gasteiger partial charge in [-0.3, -0.25) is 4.72 Å². The Kier molecular flexibility index (Phi) is 5.73. The van der Waals surface area contributed by atoms with Gasteiger partial charge < -0.3 is 4.74 Å². The number of hydrogen-bond donors (Lipinski definition) is 1. The number of aryl methyl sites for hydroxylation is 1. The van der Waals surface area contributed by atoms with E-state index < -0.39 is 28.4 Å². The largest absolute Gasteiger partial charge is 0.438 e. The quantitative estimate of drug-likeness (QED) is 0.620. The molecular formula is C17H16F3N5O3S. The topological polar surface area (TPSA) is 99.0 Å². The number of ether oxygens (including phenoxy) is 1. The molecule has 2 aromatic heterocycles. The highest BCUT2D eigenvalue weighted by Gasteiger charge is 2.29. The number of hydrogen-bond acceptors (Lipinski definition) is 6. The van der Waals surface area contributed by atoms with Crippen molar-refractivity contribution in [1.82, 2.24) is 20.0 Å². The fraction of sp³-hybridized carbons (Fsp3) is 0.235. The molecule has 2 heterocycles. The Balaban J connectivity index is 1.60. The molecule has 0 aliphatic heterocycles. The van der Waals surface area contributed by atoms with Gasteiger partial charge in [0.25, 0.3) is 0 Å². The van der Waals surface area contributed by atoms with Crippen molar-refractivity contribution in [3.63, 3.8) is 0 Å². The molecule has 0 saturated carbocycles. The summed E-state index contributed by atoms with van der Waals surface area (Å²) in [5.41, 5.74) is 0.955. The number of nitrogens with one attached hydrogen (secondary N) is 1. The van der Waals surface area contributed by atoms with E-state index in [9.17, 15) is 21.6 Å². The molecule has 154 valence electrons. The van der Waals surface area contributed by atoms with Crippen LogP contribution in [-0.4, -0.2) is 40.3 Å². The zero-order valence-electron chi connectivity index (χ0n) is 15.1. The van der Waals surface area contributed by atoms with Crippen molar-refractivity contribution in [1.29, 1.82) is 0 Å². The van der Waals surface area contributed by atoms with Crippen molar-refractivity contribution < 1.29 is 26.3 Å². The maximum absolute atomic E-state index is 12.2. The molecule has 0 unspecified atom stereocenters. The summed E-state index contributed by atoms with van der Waals surface area (Å²) in [5.74, 6) is 0.0114. The third-order valence-corrected chi connectivity index (χ3v) is 4.88. The highest BCUT2D eigenvalue weighted by Crippen LogP contribution is 2.23. The number of nitrogens with zero attached hydrogens (tertiary/aromatic N) is 4. The fourth-order valence-electron chi connectivity index (χ4n) is 2.22. The lowest BCUT2D eigenvalue weighted by molar-refractivity contribution is -0.129. The fourth-order valence-corrected chi connectivity index (χ4v) is 3.32. The van der Waals surface area contributed by atoms with Crippen LogP contribution >= 0.6 is 0 Å². The summed E-state index contributed by atoms with van der Waals surface area (Å²) in [4.78, 5) is 0. The van der Waals surface area contributed by atoms with E-state index in [-0.39, 0.29) is 11.6 Å². The summed E-state index contributed by atoms with van der Waals surface area (Å²) >= 11 is 0. The van der Waals surface area contributed by atoms with Gasteiger partial charge in [-0.05, 0) is 43.3 Å². The van der Waals surface area contributed by atoms with E-state index >= 15 is 0 Å². The number of sulfonamides is 1. The van der Waals surface area contributed by atoms with E-state index in [1.807, 2.05) is 13.0 Å². The van der Waals surface area contributed by atoms with Gasteiger partial charge in [-0.25, -0.2) is 13.1 Å². The van der Waals surface area contributed by atoms with Crippen LogP contribution in [0, 0.1) is 6.92 Å². The second-order valence-corrected chi connectivity index (χ2v) is 7.89. The number of aromatic nitrogens is 4. The second kappa shape index (κ2) is 8.07. The Morgan fingerprint density at radius 3 is 2.34 bits per heavy atom. The molecule has 8 nitrogen and oxygen atoms in total. The zero-order chi connectivity index (χ0) is 21.1. The van der Waals surface area contributed by atoms with E-state index in [2.05, 4.69) is 20.0 Å². The molecule has 12 heteroatoms. The lowest BCUT2D eigenvalue weighted by atomic mass is 10.3. The lowest BCUT2D eigenvalue weighted by Crippen LogP contribution is -2.21. The Labute approximate surface area is 164 Å². The minimum Gasteiger partial charge on any atom is -0.438 e. The van der Waals surface area contributed by atoms with Gasteiger partial charge in [0.15, 0.2) is 5.82 Å². The van der Waals surface area contributed by atoms with Gasteiger partial charge in [0.1, 0.15) is 5.75 Å². The zero-order valence-corrected chi connectivity index (χ0v) is 15.9. The first-order valence-electron chi connectivity index (χ1n) is 8.31. The molecule has 0 amide bonds. The van der Waals surface area contributed by atoms with Gasteiger partial charge >= 0.3 is 6.18 Å². The van der Waals surface area contributed by atoms with Crippen molar-refractivity contribution >= 4 is 15.7 Å². The Bertz CT molecular complexity index is 1060. The molecule has 0 aliphatic carbocycles. The summed E-state index contributed by atoms with van der Waals surface area (Å²) in [6.45, 7) is 1.85. The lowest BCUT2D eigenvalue weighted by Gasteiger charge is -2.10. The van der Waals surface area contributed by atoms with Crippen LogP contribution < -0.4 is 9.46 Å². The minimum absolute atomic E-state index is 0.120. The summed E-state index contributed by atoms with van der Waals surface area (Å²) in [5, 5.41) is 12.2. The van der Waals surface area contributed by atoms with Crippen molar-refractivity contribution in [2.75, 3.05) is 10.5 Å². The first-order valence-corrected chi connectivity index (χ1v) is 9.96. The normalized spacial score (nSPS) is 12.0. The standard InChI is InChI=1S/C17H16F3N5O3S/c1-12-8-10-25(23-12)15-6-7-16(22-21-15)28-14-4-2-13(3-5-14)24-29(26,27)11-9-17(18,19)20/h2-8,10,24H,9,11H2,1H3. The maximum atomic E-state index is 12.2. The van der Waals surface area contributed by atoms with Crippen LogP contribution in [0.25, 0.3) is 5.82 Å². The molecule has 3 rings (SSSR count).